The molecule has 0 aliphatic carbocycles. The molecule has 2 aromatic carbocycles. The van der Waals surface area contributed by atoms with Gasteiger partial charge in [-0.1, -0.05) is 30.3 Å². The van der Waals surface area contributed by atoms with E-state index >= 15 is 0 Å². The van der Waals surface area contributed by atoms with Gasteiger partial charge in [-0.3, -0.25) is 0 Å². The lowest BCUT2D eigenvalue weighted by Crippen LogP contribution is -1.99. The van der Waals surface area contributed by atoms with Gasteiger partial charge in [0.1, 0.15) is 18.7 Å². The van der Waals surface area contributed by atoms with Gasteiger partial charge in [-0.2, -0.15) is 0 Å². The number of aromatic nitrogens is 4. The lowest BCUT2D eigenvalue weighted by molar-refractivity contribution is 0.294. The number of aryl methyl sites for hydroxylation is 1. The Labute approximate surface area is 127 Å². The standard InChI is InChI=1S/C17H14N4O/c1-12-6-2-5-9-15(12)22-10-16-19-17-13-7-3-4-8-14(13)18-11-21(17)20-16/h2-9,11H,10H2,1H3. The predicted octanol–water partition coefficient (Wildman–Crippen LogP) is 3.16. The van der Waals surface area contributed by atoms with Gasteiger partial charge in [-0.15, -0.1) is 5.10 Å². The molecule has 0 fully saturated rings. The van der Waals surface area contributed by atoms with E-state index in [1.807, 2.05) is 55.5 Å². The van der Waals surface area contributed by atoms with Crippen LogP contribution in [-0.2, 0) is 6.61 Å². The summed E-state index contributed by atoms with van der Waals surface area (Å²) in [5.74, 6) is 1.49. The van der Waals surface area contributed by atoms with Crippen molar-refractivity contribution in [2.24, 2.45) is 0 Å². The summed E-state index contributed by atoms with van der Waals surface area (Å²) in [6, 6.07) is 15.8. The second-order valence-corrected chi connectivity index (χ2v) is 5.11. The van der Waals surface area contributed by atoms with Crippen LogP contribution in [0.2, 0.25) is 0 Å². The monoisotopic (exact) mass is 290 g/mol. The van der Waals surface area contributed by atoms with Gasteiger partial charge in [-0.05, 0) is 30.7 Å². The van der Waals surface area contributed by atoms with Crippen molar-refractivity contribution >= 4 is 16.6 Å². The van der Waals surface area contributed by atoms with E-state index in [1.54, 1.807) is 10.8 Å². The van der Waals surface area contributed by atoms with Gasteiger partial charge in [0, 0.05) is 5.39 Å². The van der Waals surface area contributed by atoms with Gasteiger partial charge in [0.25, 0.3) is 0 Å². The number of nitrogens with zero attached hydrogens (tertiary/aromatic N) is 4. The lowest BCUT2D eigenvalue weighted by atomic mass is 10.2. The predicted molar refractivity (Wildman–Crippen MR) is 83.8 cm³/mol. The summed E-state index contributed by atoms with van der Waals surface area (Å²) in [6.45, 7) is 2.35. The Morgan fingerprint density at radius 3 is 2.77 bits per heavy atom. The lowest BCUT2D eigenvalue weighted by Gasteiger charge is -2.05. The van der Waals surface area contributed by atoms with Crippen LogP contribution in [0.15, 0.2) is 54.9 Å². The molecular formula is C17H14N4O. The van der Waals surface area contributed by atoms with E-state index in [0.29, 0.717) is 12.4 Å². The van der Waals surface area contributed by atoms with Crippen molar-refractivity contribution < 1.29 is 4.74 Å². The summed E-state index contributed by atoms with van der Waals surface area (Å²) in [4.78, 5) is 8.95. The number of fused-ring (bicyclic) bond motifs is 3. The highest BCUT2D eigenvalue weighted by Crippen LogP contribution is 2.19. The summed E-state index contributed by atoms with van der Waals surface area (Å²) >= 11 is 0. The Balaban J connectivity index is 1.68. The molecule has 0 N–H and O–H groups in total. The first-order valence-corrected chi connectivity index (χ1v) is 7.09. The number of hydrogen-bond acceptors (Lipinski definition) is 4. The van der Waals surface area contributed by atoms with Crippen LogP contribution in [0, 0.1) is 6.92 Å². The first kappa shape index (κ1) is 12.8. The quantitative estimate of drug-likeness (QED) is 0.581. The number of para-hydroxylation sites is 2. The molecular weight excluding hydrogens is 276 g/mol. The molecule has 4 aromatic rings. The number of hydrogen-bond donors (Lipinski definition) is 0. The molecule has 108 valence electrons. The summed E-state index contributed by atoms with van der Waals surface area (Å²) in [5.41, 5.74) is 2.81. The van der Waals surface area contributed by atoms with Crippen LogP contribution in [0.25, 0.3) is 16.6 Å². The largest absolute Gasteiger partial charge is 0.485 e. The van der Waals surface area contributed by atoms with Gasteiger partial charge >= 0.3 is 0 Å². The molecule has 0 aliphatic heterocycles. The van der Waals surface area contributed by atoms with Crippen molar-refractivity contribution in [2.45, 2.75) is 13.5 Å². The summed E-state index contributed by atoms with van der Waals surface area (Å²) in [5, 5.41) is 5.41. The van der Waals surface area contributed by atoms with Gasteiger partial charge < -0.3 is 4.74 Å². The molecule has 22 heavy (non-hydrogen) atoms. The van der Waals surface area contributed by atoms with Crippen LogP contribution >= 0.6 is 0 Å². The minimum Gasteiger partial charge on any atom is -0.485 e. The Morgan fingerprint density at radius 1 is 1.05 bits per heavy atom. The molecule has 0 radical (unpaired) electrons. The van der Waals surface area contributed by atoms with Crippen molar-refractivity contribution in [3.8, 4) is 5.75 Å². The highest BCUT2D eigenvalue weighted by molar-refractivity contribution is 5.90. The Bertz CT molecular complexity index is 961. The van der Waals surface area contributed by atoms with Crippen LogP contribution in [0.5, 0.6) is 5.75 Å². The second kappa shape index (κ2) is 5.11. The van der Waals surface area contributed by atoms with Crippen molar-refractivity contribution in [1.29, 1.82) is 0 Å². The van der Waals surface area contributed by atoms with Crippen molar-refractivity contribution in [3.63, 3.8) is 0 Å². The SMILES string of the molecule is Cc1ccccc1OCc1nc2c3ccccc3ncn2n1. The van der Waals surface area contributed by atoms with E-state index in [1.165, 1.54) is 0 Å². The van der Waals surface area contributed by atoms with Crippen LogP contribution in [0.3, 0.4) is 0 Å². The highest BCUT2D eigenvalue weighted by atomic mass is 16.5. The number of rotatable bonds is 3. The normalized spacial score (nSPS) is 11.1. The van der Waals surface area contributed by atoms with Crippen molar-refractivity contribution in [1.82, 2.24) is 19.6 Å². The van der Waals surface area contributed by atoms with E-state index in [9.17, 15) is 0 Å². The Hall–Kier alpha value is -2.95. The van der Waals surface area contributed by atoms with Gasteiger partial charge in [-0.25, -0.2) is 14.5 Å². The van der Waals surface area contributed by atoms with E-state index in [-0.39, 0.29) is 0 Å². The molecule has 0 aliphatic rings. The van der Waals surface area contributed by atoms with E-state index in [2.05, 4.69) is 15.1 Å². The molecule has 5 heteroatoms. The van der Waals surface area contributed by atoms with Gasteiger partial charge in [0.2, 0.25) is 0 Å². The van der Waals surface area contributed by atoms with Gasteiger partial charge in [0.15, 0.2) is 11.5 Å². The maximum Gasteiger partial charge on any atom is 0.189 e. The molecule has 0 spiro atoms. The van der Waals surface area contributed by atoms with Crippen molar-refractivity contribution in [2.75, 3.05) is 0 Å². The molecule has 0 bridgehead atoms. The average molecular weight is 290 g/mol. The maximum absolute atomic E-state index is 5.81. The topological polar surface area (TPSA) is 52.3 Å². The summed E-state index contributed by atoms with van der Waals surface area (Å²) in [7, 11) is 0. The second-order valence-electron chi connectivity index (χ2n) is 5.11. The minimum absolute atomic E-state index is 0.334. The third kappa shape index (κ3) is 2.16. The summed E-state index contributed by atoms with van der Waals surface area (Å²) < 4.78 is 7.50. The highest BCUT2D eigenvalue weighted by Gasteiger charge is 2.09. The van der Waals surface area contributed by atoms with Crippen LogP contribution < -0.4 is 4.74 Å². The van der Waals surface area contributed by atoms with E-state index in [0.717, 1.165) is 27.9 Å². The fraction of sp³-hybridized carbons (Fsp3) is 0.118. The fourth-order valence-electron chi connectivity index (χ4n) is 2.45. The first-order chi connectivity index (χ1) is 10.8. The Morgan fingerprint density at radius 2 is 1.86 bits per heavy atom. The van der Waals surface area contributed by atoms with Crippen LogP contribution in [-0.4, -0.2) is 19.6 Å². The van der Waals surface area contributed by atoms with Gasteiger partial charge in [0.05, 0.1) is 5.52 Å². The zero-order chi connectivity index (χ0) is 14.9. The van der Waals surface area contributed by atoms with Crippen molar-refractivity contribution in [3.05, 3.63) is 66.2 Å². The Kier molecular flexibility index (Phi) is 2.96. The number of benzene rings is 2. The molecule has 0 saturated heterocycles. The van der Waals surface area contributed by atoms with E-state index in [4.69, 9.17) is 4.74 Å². The third-order valence-electron chi connectivity index (χ3n) is 3.58. The first-order valence-electron chi connectivity index (χ1n) is 7.09. The molecule has 0 unspecified atom stereocenters. The average Bonchev–Trinajstić information content (AvgIpc) is 2.98. The maximum atomic E-state index is 5.81. The zero-order valence-electron chi connectivity index (χ0n) is 12.1. The molecule has 0 amide bonds. The molecule has 2 heterocycles. The number of ether oxygens (including phenoxy) is 1. The molecule has 4 rings (SSSR count). The van der Waals surface area contributed by atoms with Crippen LogP contribution in [0.1, 0.15) is 11.4 Å². The fourth-order valence-corrected chi connectivity index (χ4v) is 2.45. The smallest absolute Gasteiger partial charge is 0.189 e. The van der Waals surface area contributed by atoms with E-state index < -0.39 is 0 Å². The zero-order valence-corrected chi connectivity index (χ0v) is 12.1. The minimum atomic E-state index is 0.334. The molecule has 0 atom stereocenters. The molecule has 2 aromatic heterocycles. The molecule has 0 saturated carbocycles. The molecule has 5 nitrogen and oxygen atoms in total. The van der Waals surface area contributed by atoms with Crippen LogP contribution in [0.4, 0.5) is 0 Å². The summed E-state index contributed by atoms with van der Waals surface area (Å²) in [6.07, 6.45) is 1.68. The third-order valence-corrected chi connectivity index (χ3v) is 3.58.